The van der Waals surface area contributed by atoms with Crippen LogP contribution in [0.3, 0.4) is 0 Å². The van der Waals surface area contributed by atoms with Gasteiger partial charge in [0, 0.05) is 7.05 Å². The van der Waals surface area contributed by atoms with Crippen LogP contribution >= 0.6 is 11.3 Å². The van der Waals surface area contributed by atoms with Crippen LogP contribution in [0.1, 0.15) is 9.67 Å². The lowest BCUT2D eigenvalue weighted by Gasteiger charge is -2.19. The predicted octanol–water partition coefficient (Wildman–Crippen LogP) is -0.0452. The van der Waals surface area contributed by atoms with Gasteiger partial charge in [-0.25, -0.2) is 5.06 Å². The highest BCUT2D eigenvalue weighted by atomic mass is 32.1. The van der Waals surface area contributed by atoms with Crippen molar-refractivity contribution in [1.82, 2.24) is 9.96 Å². The fourth-order valence-electron chi connectivity index (χ4n) is 1.59. The molecular weight excluding hydrogens is 256 g/mol. The summed E-state index contributed by atoms with van der Waals surface area (Å²) in [5.41, 5.74) is 0. The molecule has 1 N–H and O–H groups in total. The van der Waals surface area contributed by atoms with Crippen molar-refractivity contribution in [1.29, 1.82) is 0 Å². The standard InChI is InChI=1S/C11H14N2O4S/c1-12(11(16)9-3-2-4-18-9)6-10(15)13-5-8(14)7-17-13/h2-4,8,14H,5-7H2,1H3/t8-/m1/s1. The molecule has 2 amide bonds. The Balaban J connectivity index is 1.89. The van der Waals surface area contributed by atoms with E-state index in [0.29, 0.717) is 4.88 Å². The molecule has 1 aliphatic rings. The van der Waals surface area contributed by atoms with E-state index in [-0.39, 0.29) is 31.5 Å². The first-order valence-electron chi connectivity index (χ1n) is 5.48. The van der Waals surface area contributed by atoms with Crippen molar-refractivity contribution in [2.75, 3.05) is 26.7 Å². The number of amides is 2. The van der Waals surface area contributed by atoms with Gasteiger partial charge in [-0.2, -0.15) is 0 Å². The van der Waals surface area contributed by atoms with Crippen LogP contribution in [-0.4, -0.2) is 59.7 Å². The molecule has 1 aromatic rings. The van der Waals surface area contributed by atoms with Gasteiger partial charge in [-0.15, -0.1) is 11.3 Å². The van der Waals surface area contributed by atoms with Crippen LogP contribution in [0.25, 0.3) is 0 Å². The van der Waals surface area contributed by atoms with E-state index in [0.717, 1.165) is 5.06 Å². The molecular formula is C11H14N2O4S. The van der Waals surface area contributed by atoms with Crippen LogP contribution in [0.2, 0.25) is 0 Å². The second-order valence-electron chi connectivity index (χ2n) is 4.04. The van der Waals surface area contributed by atoms with E-state index in [4.69, 9.17) is 4.84 Å². The summed E-state index contributed by atoms with van der Waals surface area (Å²) in [4.78, 5) is 30.6. The maximum absolute atomic E-state index is 11.9. The summed E-state index contributed by atoms with van der Waals surface area (Å²) >= 11 is 1.33. The zero-order valence-electron chi connectivity index (χ0n) is 9.91. The van der Waals surface area contributed by atoms with Gasteiger partial charge in [-0.3, -0.25) is 14.4 Å². The first-order valence-corrected chi connectivity index (χ1v) is 6.36. The van der Waals surface area contributed by atoms with Crippen molar-refractivity contribution >= 4 is 23.2 Å². The number of hydrogen-bond acceptors (Lipinski definition) is 5. The molecule has 18 heavy (non-hydrogen) atoms. The molecule has 1 aliphatic heterocycles. The van der Waals surface area contributed by atoms with Crippen molar-refractivity contribution in [2.45, 2.75) is 6.10 Å². The number of rotatable bonds is 3. The van der Waals surface area contributed by atoms with Crippen LogP contribution in [-0.2, 0) is 9.63 Å². The van der Waals surface area contributed by atoms with Gasteiger partial charge in [0.05, 0.1) is 17.5 Å². The lowest BCUT2D eigenvalue weighted by Crippen LogP contribution is -2.39. The first-order chi connectivity index (χ1) is 8.58. The van der Waals surface area contributed by atoms with Gasteiger partial charge in [0.1, 0.15) is 13.2 Å². The van der Waals surface area contributed by atoms with E-state index in [1.807, 2.05) is 5.38 Å². The molecule has 0 saturated carbocycles. The molecule has 1 saturated heterocycles. The molecule has 1 fully saturated rings. The van der Waals surface area contributed by atoms with Crippen molar-refractivity contribution in [3.05, 3.63) is 22.4 Å². The van der Waals surface area contributed by atoms with Crippen LogP contribution in [0.4, 0.5) is 0 Å². The monoisotopic (exact) mass is 270 g/mol. The van der Waals surface area contributed by atoms with Gasteiger partial charge in [0.15, 0.2) is 0 Å². The summed E-state index contributed by atoms with van der Waals surface area (Å²) in [6.07, 6.45) is -0.646. The zero-order chi connectivity index (χ0) is 13.1. The van der Waals surface area contributed by atoms with E-state index in [1.54, 1.807) is 19.2 Å². The number of hydrogen-bond donors (Lipinski definition) is 1. The molecule has 0 unspecified atom stereocenters. The number of carbonyl (C=O) groups is 2. The van der Waals surface area contributed by atoms with Gasteiger partial charge >= 0.3 is 0 Å². The molecule has 6 nitrogen and oxygen atoms in total. The van der Waals surface area contributed by atoms with Crippen molar-refractivity contribution in [2.24, 2.45) is 0 Å². The molecule has 0 bridgehead atoms. The number of carbonyl (C=O) groups excluding carboxylic acids is 2. The highest BCUT2D eigenvalue weighted by molar-refractivity contribution is 7.12. The smallest absolute Gasteiger partial charge is 0.265 e. The van der Waals surface area contributed by atoms with Crippen molar-refractivity contribution < 1.29 is 19.5 Å². The minimum absolute atomic E-state index is 0.0660. The molecule has 0 radical (unpaired) electrons. The highest BCUT2D eigenvalue weighted by Gasteiger charge is 2.27. The fourth-order valence-corrected chi connectivity index (χ4v) is 2.31. The third kappa shape index (κ3) is 2.87. The quantitative estimate of drug-likeness (QED) is 0.836. The number of β-amino-alcohol motifs (C(OH)–C–C–N with tert-alkyl or cyclic N) is 1. The first kappa shape index (κ1) is 13.0. The number of thiophene rings is 1. The summed E-state index contributed by atoms with van der Waals surface area (Å²) in [6.45, 7) is 0.206. The van der Waals surface area contributed by atoms with E-state index in [9.17, 15) is 14.7 Å². The zero-order valence-corrected chi connectivity index (χ0v) is 10.7. The van der Waals surface area contributed by atoms with E-state index in [1.165, 1.54) is 16.2 Å². The van der Waals surface area contributed by atoms with E-state index in [2.05, 4.69) is 0 Å². The summed E-state index contributed by atoms with van der Waals surface area (Å²) in [7, 11) is 1.56. The Morgan fingerprint density at radius 2 is 2.44 bits per heavy atom. The molecule has 0 spiro atoms. The highest BCUT2D eigenvalue weighted by Crippen LogP contribution is 2.12. The Labute approximate surface area is 108 Å². The topological polar surface area (TPSA) is 70.1 Å². The normalized spacial score (nSPS) is 19.0. The molecule has 0 aromatic carbocycles. The number of likely N-dealkylation sites (N-methyl/N-ethyl adjacent to an activating group) is 1. The fraction of sp³-hybridized carbons (Fsp3) is 0.455. The molecule has 7 heteroatoms. The van der Waals surface area contributed by atoms with Crippen molar-refractivity contribution in [3.8, 4) is 0 Å². The molecule has 0 aliphatic carbocycles. The average molecular weight is 270 g/mol. The second kappa shape index (κ2) is 5.47. The lowest BCUT2D eigenvalue weighted by atomic mass is 10.3. The van der Waals surface area contributed by atoms with Gasteiger partial charge in [0.25, 0.3) is 11.8 Å². The van der Waals surface area contributed by atoms with Crippen molar-refractivity contribution in [3.63, 3.8) is 0 Å². The lowest BCUT2D eigenvalue weighted by molar-refractivity contribution is -0.169. The summed E-state index contributed by atoms with van der Waals surface area (Å²) in [6, 6.07) is 3.50. The Kier molecular flexibility index (Phi) is 3.95. The minimum atomic E-state index is -0.646. The molecule has 1 atom stereocenters. The van der Waals surface area contributed by atoms with Crippen LogP contribution in [0, 0.1) is 0 Å². The number of nitrogens with zero attached hydrogens (tertiary/aromatic N) is 2. The maximum atomic E-state index is 11.9. The third-order valence-corrected chi connectivity index (χ3v) is 3.39. The summed E-state index contributed by atoms with van der Waals surface area (Å²) in [5.74, 6) is -0.531. The van der Waals surface area contributed by atoms with Gasteiger partial charge in [-0.1, -0.05) is 6.07 Å². The predicted molar refractivity (Wildman–Crippen MR) is 65.0 cm³/mol. The van der Waals surface area contributed by atoms with Crippen LogP contribution in [0.15, 0.2) is 17.5 Å². The largest absolute Gasteiger partial charge is 0.389 e. The maximum Gasteiger partial charge on any atom is 0.265 e. The molecule has 2 rings (SSSR count). The number of aliphatic hydroxyl groups is 1. The second-order valence-corrected chi connectivity index (χ2v) is 4.99. The molecule has 1 aromatic heterocycles. The van der Waals surface area contributed by atoms with Gasteiger partial charge in [0.2, 0.25) is 0 Å². The Morgan fingerprint density at radius 1 is 1.67 bits per heavy atom. The van der Waals surface area contributed by atoms with Gasteiger partial charge < -0.3 is 10.0 Å². The third-order valence-electron chi connectivity index (χ3n) is 2.53. The average Bonchev–Trinajstić information content (AvgIpc) is 2.98. The van der Waals surface area contributed by atoms with E-state index >= 15 is 0 Å². The SMILES string of the molecule is CN(CC(=O)N1C[C@@H](O)CO1)C(=O)c1cccs1. The Hall–Kier alpha value is -1.44. The Bertz CT molecular complexity index is 434. The number of aliphatic hydroxyl groups excluding tert-OH is 1. The van der Waals surface area contributed by atoms with Crippen LogP contribution < -0.4 is 0 Å². The van der Waals surface area contributed by atoms with Crippen LogP contribution in [0.5, 0.6) is 0 Å². The minimum Gasteiger partial charge on any atom is -0.389 e. The summed E-state index contributed by atoms with van der Waals surface area (Å²) in [5, 5.41) is 12.2. The molecule has 2 heterocycles. The van der Waals surface area contributed by atoms with E-state index < -0.39 is 6.10 Å². The number of hydroxylamine groups is 2. The Morgan fingerprint density at radius 3 is 3.00 bits per heavy atom. The molecule has 98 valence electrons. The summed E-state index contributed by atoms with van der Waals surface area (Å²) < 4.78 is 0. The van der Waals surface area contributed by atoms with Gasteiger partial charge in [-0.05, 0) is 11.4 Å².